The van der Waals surface area contributed by atoms with Crippen LogP contribution in [0.15, 0.2) is 53.8 Å². The fraction of sp³-hybridized carbons (Fsp3) is 0. The molecule has 4 nitrogen and oxygen atoms in total. The minimum atomic E-state index is -0.432. The molecule has 0 aliphatic heterocycles. The van der Waals surface area contributed by atoms with Gasteiger partial charge in [-0.1, -0.05) is 18.2 Å². The number of nitrogens with one attached hydrogen (secondary N) is 1. The summed E-state index contributed by atoms with van der Waals surface area (Å²) in [6, 6.07) is 12.1. The van der Waals surface area contributed by atoms with Gasteiger partial charge in [-0.15, -0.1) is 11.3 Å². The molecule has 0 spiro atoms. The van der Waals surface area contributed by atoms with E-state index in [-0.39, 0.29) is 4.88 Å². The number of carbonyl (C=O) groups is 1. The van der Waals surface area contributed by atoms with Gasteiger partial charge in [-0.2, -0.15) is 9.49 Å². The molecule has 1 amide bonds. The zero-order valence-corrected chi connectivity index (χ0v) is 11.6. The molecule has 2 heterocycles. The quantitative estimate of drug-likeness (QED) is 0.596. The van der Waals surface area contributed by atoms with Crippen LogP contribution in [0.4, 0.5) is 4.39 Å². The number of rotatable bonds is 3. The highest BCUT2D eigenvalue weighted by atomic mass is 32.1. The monoisotopic (exact) mass is 299 g/mol. The predicted molar refractivity (Wildman–Crippen MR) is 81.1 cm³/mol. The fourth-order valence-electron chi connectivity index (χ4n) is 1.88. The van der Waals surface area contributed by atoms with Crippen LogP contribution in [-0.4, -0.2) is 17.1 Å². The summed E-state index contributed by atoms with van der Waals surface area (Å²) in [5.74, 6) is -0.432. The Morgan fingerprint density at radius 2 is 2.10 bits per heavy atom. The minimum absolute atomic E-state index is 0.282. The van der Waals surface area contributed by atoms with Gasteiger partial charge in [0.25, 0.3) is 5.91 Å². The van der Waals surface area contributed by atoms with Crippen LogP contribution < -0.4 is 5.43 Å². The highest BCUT2D eigenvalue weighted by Gasteiger charge is 2.07. The Hall–Kier alpha value is -2.60. The number of hydrazone groups is 1. The van der Waals surface area contributed by atoms with Gasteiger partial charge < -0.3 is 0 Å². The molecule has 0 aliphatic carbocycles. The summed E-state index contributed by atoms with van der Waals surface area (Å²) in [4.78, 5) is 16.2. The molecular weight excluding hydrogens is 289 g/mol. The van der Waals surface area contributed by atoms with Crippen LogP contribution in [0.2, 0.25) is 0 Å². The van der Waals surface area contributed by atoms with E-state index >= 15 is 0 Å². The van der Waals surface area contributed by atoms with Crippen molar-refractivity contribution in [3.63, 3.8) is 0 Å². The molecule has 1 N–H and O–H groups in total. The summed E-state index contributed by atoms with van der Waals surface area (Å²) in [6.45, 7) is 0. The number of amides is 1. The zero-order valence-electron chi connectivity index (χ0n) is 10.8. The molecule has 21 heavy (non-hydrogen) atoms. The summed E-state index contributed by atoms with van der Waals surface area (Å²) in [6.07, 6.45) is 3.23. The first-order valence-corrected chi connectivity index (χ1v) is 6.98. The van der Waals surface area contributed by atoms with E-state index in [2.05, 4.69) is 15.5 Å². The third-order valence-electron chi connectivity index (χ3n) is 2.85. The SMILES string of the molecule is O=C(N/N=C/c1ccnc2ccccc12)c1ccc(F)s1. The number of aromatic nitrogens is 1. The molecule has 6 heteroatoms. The van der Waals surface area contributed by atoms with Crippen molar-refractivity contribution in [1.82, 2.24) is 10.4 Å². The first kappa shape index (κ1) is 13.4. The molecule has 0 aliphatic rings. The standard InChI is InChI=1S/C15H10FN3OS/c16-14-6-5-13(21-14)15(20)19-18-9-10-7-8-17-12-4-2-1-3-11(10)12/h1-9H,(H,19,20)/b18-9+. The zero-order chi connectivity index (χ0) is 14.7. The van der Waals surface area contributed by atoms with Crippen molar-refractivity contribution in [2.75, 3.05) is 0 Å². The number of thiophene rings is 1. The number of hydrogen-bond acceptors (Lipinski definition) is 4. The highest BCUT2D eigenvalue weighted by Crippen LogP contribution is 2.15. The molecule has 3 aromatic rings. The normalized spacial score (nSPS) is 11.1. The van der Waals surface area contributed by atoms with E-state index in [9.17, 15) is 9.18 Å². The summed E-state index contributed by atoms with van der Waals surface area (Å²) in [5, 5.41) is 4.45. The lowest BCUT2D eigenvalue weighted by Crippen LogP contribution is -2.16. The average molecular weight is 299 g/mol. The minimum Gasteiger partial charge on any atom is -0.266 e. The summed E-state index contributed by atoms with van der Waals surface area (Å²) >= 11 is 0.782. The van der Waals surface area contributed by atoms with Crippen molar-refractivity contribution in [1.29, 1.82) is 0 Å². The Kier molecular flexibility index (Phi) is 3.70. The van der Waals surface area contributed by atoms with Gasteiger partial charge in [0, 0.05) is 17.1 Å². The van der Waals surface area contributed by atoms with Gasteiger partial charge in [-0.25, -0.2) is 5.43 Å². The van der Waals surface area contributed by atoms with E-state index in [1.807, 2.05) is 30.3 Å². The number of carbonyl (C=O) groups excluding carboxylic acids is 1. The van der Waals surface area contributed by atoms with Gasteiger partial charge in [-0.3, -0.25) is 9.78 Å². The molecule has 2 aromatic heterocycles. The van der Waals surface area contributed by atoms with E-state index in [1.54, 1.807) is 12.4 Å². The summed E-state index contributed by atoms with van der Waals surface area (Å²) in [5.41, 5.74) is 4.08. The maximum absolute atomic E-state index is 12.8. The van der Waals surface area contributed by atoms with Crippen LogP contribution >= 0.6 is 11.3 Å². The number of fused-ring (bicyclic) bond motifs is 1. The van der Waals surface area contributed by atoms with Crippen molar-refractivity contribution >= 4 is 34.4 Å². The Balaban J connectivity index is 1.78. The third kappa shape index (κ3) is 2.95. The van der Waals surface area contributed by atoms with Crippen LogP contribution in [0.25, 0.3) is 10.9 Å². The van der Waals surface area contributed by atoms with E-state index in [0.29, 0.717) is 0 Å². The van der Waals surface area contributed by atoms with Crippen molar-refractivity contribution in [2.45, 2.75) is 0 Å². The predicted octanol–water partition coefficient (Wildman–Crippen LogP) is 3.20. The Labute approximate surface area is 124 Å². The molecule has 1 aromatic carbocycles. The van der Waals surface area contributed by atoms with Gasteiger partial charge in [0.1, 0.15) is 0 Å². The molecule has 0 bridgehead atoms. The smallest absolute Gasteiger partial charge is 0.266 e. The van der Waals surface area contributed by atoms with E-state index < -0.39 is 11.0 Å². The lowest BCUT2D eigenvalue weighted by Gasteiger charge is -2.00. The Bertz CT molecular complexity index is 823. The third-order valence-corrected chi connectivity index (χ3v) is 3.72. The molecular formula is C15H10FN3OS. The topological polar surface area (TPSA) is 54.4 Å². The van der Waals surface area contributed by atoms with Gasteiger partial charge in [0.15, 0.2) is 5.13 Å². The number of nitrogens with zero attached hydrogens (tertiary/aromatic N) is 2. The Morgan fingerprint density at radius 1 is 1.24 bits per heavy atom. The molecule has 0 unspecified atom stereocenters. The number of halogens is 1. The first-order chi connectivity index (χ1) is 10.2. The molecule has 104 valence electrons. The fourth-order valence-corrected chi connectivity index (χ4v) is 2.50. The summed E-state index contributed by atoms with van der Waals surface area (Å²) in [7, 11) is 0. The second-order valence-corrected chi connectivity index (χ2v) is 5.25. The highest BCUT2D eigenvalue weighted by molar-refractivity contribution is 7.12. The van der Waals surface area contributed by atoms with Crippen molar-refractivity contribution in [3.05, 3.63) is 64.2 Å². The average Bonchev–Trinajstić information content (AvgIpc) is 2.94. The Morgan fingerprint density at radius 3 is 2.90 bits per heavy atom. The number of benzene rings is 1. The van der Waals surface area contributed by atoms with E-state index in [1.165, 1.54) is 12.1 Å². The van der Waals surface area contributed by atoms with Crippen LogP contribution in [0.1, 0.15) is 15.2 Å². The van der Waals surface area contributed by atoms with Gasteiger partial charge >= 0.3 is 0 Å². The molecule has 3 rings (SSSR count). The molecule has 0 radical (unpaired) electrons. The van der Waals surface area contributed by atoms with Crippen LogP contribution in [0.3, 0.4) is 0 Å². The molecule has 0 atom stereocenters. The number of pyridine rings is 1. The van der Waals surface area contributed by atoms with Gasteiger partial charge in [-0.05, 0) is 24.3 Å². The van der Waals surface area contributed by atoms with Crippen LogP contribution in [0.5, 0.6) is 0 Å². The number of para-hydroxylation sites is 1. The molecule has 0 saturated carbocycles. The van der Waals surface area contributed by atoms with Gasteiger partial charge in [0.2, 0.25) is 0 Å². The van der Waals surface area contributed by atoms with E-state index in [0.717, 1.165) is 27.8 Å². The second-order valence-electron chi connectivity index (χ2n) is 4.22. The van der Waals surface area contributed by atoms with E-state index in [4.69, 9.17) is 0 Å². The van der Waals surface area contributed by atoms with Crippen LogP contribution in [0, 0.1) is 5.13 Å². The van der Waals surface area contributed by atoms with Crippen molar-refractivity contribution < 1.29 is 9.18 Å². The maximum atomic E-state index is 12.8. The summed E-state index contributed by atoms with van der Waals surface area (Å²) < 4.78 is 12.8. The lowest BCUT2D eigenvalue weighted by atomic mass is 10.1. The first-order valence-electron chi connectivity index (χ1n) is 6.16. The van der Waals surface area contributed by atoms with Crippen LogP contribution in [-0.2, 0) is 0 Å². The lowest BCUT2D eigenvalue weighted by molar-refractivity contribution is 0.0959. The largest absolute Gasteiger partial charge is 0.281 e. The number of hydrogen-bond donors (Lipinski definition) is 1. The molecule has 0 saturated heterocycles. The van der Waals surface area contributed by atoms with Gasteiger partial charge in [0.05, 0.1) is 16.6 Å². The molecule has 0 fully saturated rings. The maximum Gasteiger partial charge on any atom is 0.281 e. The second kappa shape index (κ2) is 5.80. The van der Waals surface area contributed by atoms with Crippen molar-refractivity contribution in [2.24, 2.45) is 5.10 Å². The van der Waals surface area contributed by atoms with Crippen molar-refractivity contribution in [3.8, 4) is 0 Å².